The SMILES string of the molecule is C/C(=C\Cl)CSc1cccc(CNCC(C)C)c1. The van der Waals surface area contributed by atoms with E-state index < -0.39 is 0 Å². The normalized spacial score (nSPS) is 12.2. The summed E-state index contributed by atoms with van der Waals surface area (Å²) in [5, 5.41) is 3.46. The molecular weight excluding hydrogens is 262 g/mol. The second-order valence-corrected chi connectivity index (χ2v) is 6.18. The Balaban J connectivity index is 2.46. The molecule has 0 bridgehead atoms. The standard InChI is InChI=1S/C15H22ClNS/c1-12(2)9-17-10-14-5-4-6-15(7-14)18-11-13(3)8-16/h4-8,12,17H,9-11H2,1-3H3/b13-8+. The monoisotopic (exact) mass is 283 g/mol. The molecule has 0 saturated heterocycles. The van der Waals surface area contributed by atoms with Gasteiger partial charge in [0, 0.05) is 22.7 Å². The van der Waals surface area contributed by atoms with E-state index in [1.807, 2.05) is 18.7 Å². The van der Waals surface area contributed by atoms with E-state index in [0.29, 0.717) is 5.92 Å². The van der Waals surface area contributed by atoms with Crippen molar-refractivity contribution >= 4 is 23.4 Å². The van der Waals surface area contributed by atoms with E-state index in [0.717, 1.165) is 18.8 Å². The molecule has 1 aromatic rings. The van der Waals surface area contributed by atoms with Crippen molar-refractivity contribution < 1.29 is 0 Å². The van der Waals surface area contributed by atoms with Crippen molar-refractivity contribution in [3.05, 3.63) is 40.9 Å². The number of thioether (sulfide) groups is 1. The lowest BCUT2D eigenvalue weighted by Crippen LogP contribution is -2.18. The van der Waals surface area contributed by atoms with Crippen LogP contribution < -0.4 is 5.32 Å². The van der Waals surface area contributed by atoms with E-state index in [-0.39, 0.29) is 0 Å². The molecule has 18 heavy (non-hydrogen) atoms. The topological polar surface area (TPSA) is 12.0 Å². The Kier molecular flexibility index (Phi) is 7.48. The second kappa shape index (κ2) is 8.63. The van der Waals surface area contributed by atoms with Crippen molar-refractivity contribution in [3.8, 4) is 0 Å². The number of benzene rings is 1. The minimum Gasteiger partial charge on any atom is -0.312 e. The lowest BCUT2D eigenvalue weighted by atomic mass is 10.2. The summed E-state index contributed by atoms with van der Waals surface area (Å²) in [7, 11) is 0. The summed E-state index contributed by atoms with van der Waals surface area (Å²) in [5.41, 5.74) is 4.19. The fourth-order valence-electron chi connectivity index (χ4n) is 1.48. The van der Waals surface area contributed by atoms with Gasteiger partial charge >= 0.3 is 0 Å². The molecule has 0 aliphatic heterocycles. The Morgan fingerprint density at radius 3 is 2.89 bits per heavy atom. The van der Waals surface area contributed by atoms with Crippen molar-refractivity contribution in [2.45, 2.75) is 32.2 Å². The van der Waals surface area contributed by atoms with Crippen LogP contribution in [0.1, 0.15) is 26.3 Å². The first kappa shape index (κ1) is 15.6. The van der Waals surface area contributed by atoms with Gasteiger partial charge in [0.1, 0.15) is 0 Å². The zero-order valence-electron chi connectivity index (χ0n) is 11.4. The Morgan fingerprint density at radius 2 is 2.22 bits per heavy atom. The third kappa shape index (κ3) is 6.48. The summed E-state index contributed by atoms with van der Waals surface area (Å²) in [6.45, 7) is 8.50. The van der Waals surface area contributed by atoms with Gasteiger partial charge < -0.3 is 5.32 Å². The van der Waals surface area contributed by atoms with Gasteiger partial charge in [0.05, 0.1) is 0 Å². The van der Waals surface area contributed by atoms with E-state index in [1.54, 1.807) is 5.54 Å². The first-order chi connectivity index (χ1) is 8.61. The third-order valence-corrected chi connectivity index (χ3v) is 3.99. The molecule has 0 unspecified atom stereocenters. The smallest absolute Gasteiger partial charge is 0.0206 e. The fourth-order valence-corrected chi connectivity index (χ4v) is 2.53. The number of nitrogens with one attached hydrogen (secondary N) is 1. The van der Waals surface area contributed by atoms with Gasteiger partial charge in [-0.3, -0.25) is 0 Å². The number of halogens is 1. The molecule has 0 radical (unpaired) electrons. The summed E-state index contributed by atoms with van der Waals surface area (Å²) < 4.78 is 0. The molecule has 0 fully saturated rings. The van der Waals surface area contributed by atoms with Crippen molar-refractivity contribution in [1.29, 1.82) is 0 Å². The Hall–Kier alpha value is -0.440. The molecule has 0 aromatic heterocycles. The van der Waals surface area contributed by atoms with Gasteiger partial charge in [-0.15, -0.1) is 11.8 Å². The van der Waals surface area contributed by atoms with Gasteiger partial charge in [-0.05, 0) is 37.1 Å². The van der Waals surface area contributed by atoms with E-state index in [1.165, 1.54) is 16.0 Å². The zero-order valence-corrected chi connectivity index (χ0v) is 12.9. The first-order valence-corrected chi connectivity index (χ1v) is 7.72. The molecule has 1 N–H and O–H groups in total. The maximum absolute atomic E-state index is 5.66. The highest BCUT2D eigenvalue weighted by Crippen LogP contribution is 2.21. The van der Waals surface area contributed by atoms with Crippen LogP contribution in [0.4, 0.5) is 0 Å². The first-order valence-electron chi connectivity index (χ1n) is 6.30. The molecule has 0 aliphatic rings. The summed E-state index contributed by atoms with van der Waals surface area (Å²) in [6.07, 6.45) is 0. The number of rotatable bonds is 7. The number of hydrogen-bond acceptors (Lipinski definition) is 2. The van der Waals surface area contributed by atoms with Crippen LogP contribution in [0, 0.1) is 5.92 Å². The van der Waals surface area contributed by atoms with E-state index >= 15 is 0 Å². The van der Waals surface area contributed by atoms with Crippen molar-refractivity contribution in [1.82, 2.24) is 5.32 Å². The van der Waals surface area contributed by atoms with Gasteiger partial charge in [-0.2, -0.15) is 0 Å². The molecule has 0 heterocycles. The molecule has 0 spiro atoms. The molecule has 0 atom stereocenters. The molecule has 1 nitrogen and oxygen atoms in total. The Morgan fingerprint density at radius 1 is 1.44 bits per heavy atom. The molecule has 0 amide bonds. The highest BCUT2D eigenvalue weighted by molar-refractivity contribution is 7.99. The van der Waals surface area contributed by atoms with Gasteiger partial charge in [-0.1, -0.05) is 43.2 Å². The van der Waals surface area contributed by atoms with Crippen LogP contribution in [0.15, 0.2) is 40.3 Å². The van der Waals surface area contributed by atoms with Gasteiger partial charge in [0.25, 0.3) is 0 Å². The van der Waals surface area contributed by atoms with Crippen LogP contribution in [0.5, 0.6) is 0 Å². The maximum Gasteiger partial charge on any atom is 0.0206 e. The van der Waals surface area contributed by atoms with Crippen LogP contribution in [0.3, 0.4) is 0 Å². The second-order valence-electron chi connectivity index (χ2n) is 4.92. The van der Waals surface area contributed by atoms with Crippen LogP contribution >= 0.6 is 23.4 Å². The van der Waals surface area contributed by atoms with E-state index in [9.17, 15) is 0 Å². The van der Waals surface area contributed by atoms with Gasteiger partial charge in [-0.25, -0.2) is 0 Å². The third-order valence-electron chi connectivity index (χ3n) is 2.43. The van der Waals surface area contributed by atoms with Crippen LogP contribution in [0.2, 0.25) is 0 Å². The summed E-state index contributed by atoms with van der Waals surface area (Å²) >= 11 is 7.49. The minimum absolute atomic E-state index is 0.694. The lowest BCUT2D eigenvalue weighted by molar-refractivity contribution is 0.552. The number of hydrogen-bond donors (Lipinski definition) is 1. The van der Waals surface area contributed by atoms with E-state index in [2.05, 4.69) is 43.4 Å². The fraction of sp³-hybridized carbons (Fsp3) is 0.467. The summed E-state index contributed by atoms with van der Waals surface area (Å²) in [4.78, 5) is 1.30. The lowest BCUT2D eigenvalue weighted by Gasteiger charge is -2.08. The molecule has 1 aromatic carbocycles. The molecule has 1 rings (SSSR count). The van der Waals surface area contributed by atoms with Crippen LogP contribution in [-0.4, -0.2) is 12.3 Å². The highest BCUT2D eigenvalue weighted by atomic mass is 35.5. The molecule has 3 heteroatoms. The van der Waals surface area contributed by atoms with E-state index in [4.69, 9.17) is 11.6 Å². The predicted molar refractivity (Wildman–Crippen MR) is 83.3 cm³/mol. The average molecular weight is 284 g/mol. The van der Waals surface area contributed by atoms with Crippen molar-refractivity contribution in [2.24, 2.45) is 5.92 Å². The van der Waals surface area contributed by atoms with Gasteiger partial charge in [0.2, 0.25) is 0 Å². The van der Waals surface area contributed by atoms with Crippen LogP contribution in [0.25, 0.3) is 0 Å². The van der Waals surface area contributed by atoms with Crippen molar-refractivity contribution in [2.75, 3.05) is 12.3 Å². The van der Waals surface area contributed by atoms with Gasteiger partial charge in [0.15, 0.2) is 0 Å². The van der Waals surface area contributed by atoms with Crippen molar-refractivity contribution in [3.63, 3.8) is 0 Å². The zero-order chi connectivity index (χ0) is 13.4. The Bertz CT molecular complexity index is 388. The summed E-state index contributed by atoms with van der Waals surface area (Å²) in [6, 6.07) is 8.69. The molecule has 0 aliphatic carbocycles. The van der Waals surface area contributed by atoms with Crippen LogP contribution in [-0.2, 0) is 6.54 Å². The largest absolute Gasteiger partial charge is 0.312 e. The Labute approximate surface area is 120 Å². The minimum atomic E-state index is 0.694. The molecule has 100 valence electrons. The average Bonchev–Trinajstić information content (AvgIpc) is 2.36. The predicted octanol–water partition coefficient (Wildman–Crippen LogP) is 4.67. The summed E-state index contributed by atoms with van der Waals surface area (Å²) in [5.74, 6) is 1.64. The quantitative estimate of drug-likeness (QED) is 0.730. The maximum atomic E-state index is 5.66. The molecule has 0 saturated carbocycles. The molecular formula is C15H22ClNS. The highest BCUT2D eigenvalue weighted by Gasteiger charge is 1.99.